The highest BCUT2D eigenvalue weighted by Gasteiger charge is 2.51. The van der Waals surface area contributed by atoms with E-state index in [0.29, 0.717) is 10.9 Å². The van der Waals surface area contributed by atoms with E-state index >= 15 is 0 Å². The van der Waals surface area contributed by atoms with Crippen molar-refractivity contribution in [2.75, 3.05) is 16.4 Å². The molecular formula is C25H25F3NOS+. The molecule has 162 valence electrons. The van der Waals surface area contributed by atoms with Gasteiger partial charge in [-0.1, -0.05) is 30.3 Å². The molecule has 1 aliphatic heterocycles. The van der Waals surface area contributed by atoms with Gasteiger partial charge in [-0.3, -0.25) is 0 Å². The normalized spacial score (nSPS) is 16.8. The summed E-state index contributed by atoms with van der Waals surface area (Å²) in [4.78, 5) is 3.37. The van der Waals surface area contributed by atoms with E-state index in [4.69, 9.17) is 0 Å². The molecule has 3 aromatic rings. The summed E-state index contributed by atoms with van der Waals surface area (Å²) in [5, 5.41) is 9.98. The van der Waals surface area contributed by atoms with Crippen LogP contribution in [-0.2, 0) is 16.5 Å². The smallest absolute Gasteiger partial charge is 0.376 e. The molecule has 2 nitrogen and oxygen atoms in total. The third-order valence-corrected chi connectivity index (χ3v) is 8.22. The van der Waals surface area contributed by atoms with Crippen LogP contribution in [0.25, 0.3) is 0 Å². The van der Waals surface area contributed by atoms with E-state index in [1.807, 2.05) is 35.2 Å². The highest BCUT2D eigenvalue weighted by atomic mass is 32.2. The van der Waals surface area contributed by atoms with Crippen molar-refractivity contribution in [2.45, 2.75) is 36.4 Å². The number of para-hydroxylation sites is 1. The van der Waals surface area contributed by atoms with Gasteiger partial charge in [0.1, 0.15) is 11.5 Å². The van der Waals surface area contributed by atoms with Crippen LogP contribution in [0.3, 0.4) is 0 Å². The van der Waals surface area contributed by atoms with Crippen molar-refractivity contribution < 1.29 is 18.3 Å². The fourth-order valence-electron chi connectivity index (χ4n) is 3.80. The molecule has 0 saturated carbocycles. The molecule has 1 saturated heterocycles. The lowest BCUT2D eigenvalue weighted by atomic mass is 9.95. The van der Waals surface area contributed by atoms with Gasteiger partial charge >= 0.3 is 6.18 Å². The second kappa shape index (κ2) is 8.60. The van der Waals surface area contributed by atoms with E-state index in [-0.39, 0.29) is 5.56 Å². The van der Waals surface area contributed by atoms with Crippen molar-refractivity contribution in [3.05, 3.63) is 84.4 Å². The summed E-state index contributed by atoms with van der Waals surface area (Å²) in [6.45, 7) is 0.777. The first-order chi connectivity index (χ1) is 14.8. The topological polar surface area (TPSA) is 23.5 Å². The molecule has 4 rings (SSSR count). The van der Waals surface area contributed by atoms with Crippen LogP contribution in [0.1, 0.15) is 25.3 Å². The van der Waals surface area contributed by atoms with E-state index in [0.717, 1.165) is 24.0 Å². The van der Waals surface area contributed by atoms with Gasteiger partial charge in [0.2, 0.25) is 0 Å². The van der Waals surface area contributed by atoms with Gasteiger partial charge in [-0.25, -0.2) is 0 Å². The molecule has 0 amide bonds. The predicted octanol–water partition coefficient (Wildman–Crippen LogP) is 6.70. The van der Waals surface area contributed by atoms with Crippen LogP contribution >= 0.6 is 0 Å². The minimum atomic E-state index is -4.75. The third kappa shape index (κ3) is 4.46. The zero-order chi connectivity index (χ0) is 22.1. The molecule has 1 unspecified atom stereocenters. The van der Waals surface area contributed by atoms with Gasteiger partial charge < -0.3 is 10.0 Å². The molecule has 1 aliphatic rings. The average molecular weight is 445 g/mol. The maximum absolute atomic E-state index is 13.2. The molecular weight excluding hydrogens is 419 g/mol. The van der Waals surface area contributed by atoms with Crippen LogP contribution in [0, 0.1) is 0 Å². The van der Waals surface area contributed by atoms with E-state index in [2.05, 4.69) is 24.3 Å². The number of nitrogens with zero attached hydrogens (tertiary/aromatic N) is 1. The van der Waals surface area contributed by atoms with Gasteiger partial charge in [-0.15, -0.1) is 0 Å². The predicted molar refractivity (Wildman–Crippen MR) is 121 cm³/mol. The molecule has 0 radical (unpaired) electrons. The zero-order valence-electron chi connectivity index (χ0n) is 17.3. The Labute approximate surface area is 183 Å². The maximum Gasteiger partial charge on any atom is 0.421 e. The lowest BCUT2D eigenvalue weighted by Gasteiger charge is -2.29. The van der Waals surface area contributed by atoms with Gasteiger partial charge in [-0.05, 0) is 73.9 Å². The molecule has 1 heterocycles. The molecule has 1 N–H and O–H groups in total. The van der Waals surface area contributed by atoms with Gasteiger partial charge in [0.05, 0.1) is 0 Å². The number of rotatable bonds is 5. The molecule has 0 aliphatic carbocycles. The lowest BCUT2D eigenvalue weighted by molar-refractivity contribution is -0.258. The molecule has 31 heavy (non-hydrogen) atoms. The Bertz CT molecular complexity index is 996. The minimum absolute atomic E-state index is 0.186. The number of hydrogen-bond acceptors (Lipinski definition) is 2. The Morgan fingerprint density at radius 2 is 1.23 bits per heavy atom. The van der Waals surface area contributed by atoms with Crippen molar-refractivity contribution in [3.8, 4) is 0 Å². The molecule has 0 bridgehead atoms. The highest BCUT2D eigenvalue weighted by molar-refractivity contribution is 7.97. The van der Waals surface area contributed by atoms with Gasteiger partial charge in [0.15, 0.2) is 10.5 Å². The van der Waals surface area contributed by atoms with Crippen molar-refractivity contribution in [1.29, 1.82) is 0 Å². The van der Waals surface area contributed by atoms with Crippen LogP contribution in [0.5, 0.6) is 0 Å². The van der Waals surface area contributed by atoms with Crippen molar-refractivity contribution >= 4 is 28.0 Å². The Morgan fingerprint density at radius 3 is 1.74 bits per heavy atom. The van der Waals surface area contributed by atoms with Crippen LogP contribution in [0.4, 0.5) is 30.2 Å². The van der Waals surface area contributed by atoms with E-state index in [1.54, 1.807) is 12.1 Å². The fourth-order valence-corrected chi connectivity index (χ4v) is 6.10. The highest BCUT2D eigenvalue weighted by Crippen LogP contribution is 2.40. The third-order valence-electron chi connectivity index (χ3n) is 5.71. The van der Waals surface area contributed by atoms with Crippen molar-refractivity contribution in [2.24, 2.45) is 0 Å². The summed E-state index contributed by atoms with van der Waals surface area (Å²) in [7, 11) is 0.324. The van der Waals surface area contributed by atoms with Gasteiger partial charge in [0, 0.05) is 28.0 Å². The Kier molecular flexibility index (Phi) is 6.04. The first-order valence-electron chi connectivity index (χ1n) is 10.3. The second-order valence-electron chi connectivity index (χ2n) is 7.89. The Hall–Kier alpha value is -2.44. The fraction of sp³-hybridized carbons (Fsp3) is 0.280. The molecule has 0 spiro atoms. The minimum Gasteiger partial charge on any atom is -0.376 e. The average Bonchev–Trinajstić information content (AvgIpc) is 3.30. The number of anilines is 3. The molecule has 6 heteroatoms. The molecule has 0 aromatic heterocycles. The standard InChI is InChI=1S/C25H25F3NOS/c1-24(30,25(26,27)28)19-9-11-21(12-10-19)29(20-7-3-2-4-8-20)22-13-15-23(16-14-22)31-17-5-6-18-31/h2-4,7-16,30H,5-6,17-18H2,1H3/q+1. The van der Waals surface area contributed by atoms with Crippen LogP contribution in [0.2, 0.25) is 0 Å². The van der Waals surface area contributed by atoms with Crippen molar-refractivity contribution in [1.82, 2.24) is 0 Å². The monoisotopic (exact) mass is 444 g/mol. The lowest BCUT2D eigenvalue weighted by Crippen LogP contribution is -2.39. The second-order valence-corrected chi connectivity index (χ2v) is 10.2. The SMILES string of the molecule is CC(O)(c1ccc(N(c2ccccc2)c2ccc([S+]3CCCC3)cc2)cc1)C(F)(F)F. The van der Waals surface area contributed by atoms with Crippen LogP contribution < -0.4 is 4.90 Å². The summed E-state index contributed by atoms with van der Waals surface area (Å²) in [6, 6.07) is 24.1. The quantitative estimate of drug-likeness (QED) is 0.443. The van der Waals surface area contributed by atoms with Crippen molar-refractivity contribution in [3.63, 3.8) is 0 Å². The van der Waals surface area contributed by atoms with Gasteiger partial charge in [-0.2, -0.15) is 13.2 Å². The number of alkyl halides is 3. The Morgan fingerprint density at radius 1 is 0.742 bits per heavy atom. The largest absolute Gasteiger partial charge is 0.421 e. The summed E-state index contributed by atoms with van der Waals surface area (Å²) >= 11 is 0. The van der Waals surface area contributed by atoms with Gasteiger partial charge in [0.25, 0.3) is 0 Å². The van der Waals surface area contributed by atoms with Crippen LogP contribution in [0.15, 0.2) is 83.8 Å². The number of benzene rings is 3. The number of halogens is 3. The maximum atomic E-state index is 13.2. The van der Waals surface area contributed by atoms with Crippen LogP contribution in [-0.4, -0.2) is 22.8 Å². The first kappa shape index (κ1) is 21.8. The number of aliphatic hydroxyl groups is 1. The van der Waals surface area contributed by atoms with E-state index < -0.39 is 11.8 Å². The Balaban J connectivity index is 1.69. The van der Waals surface area contributed by atoms with E-state index in [9.17, 15) is 18.3 Å². The summed E-state index contributed by atoms with van der Waals surface area (Å²) < 4.78 is 39.6. The number of hydrogen-bond donors (Lipinski definition) is 1. The summed E-state index contributed by atoms with van der Waals surface area (Å²) in [6.07, 6.45) is -2.17. The first-order valence-corrected chi connectivity index (χ1v) is 11.9. The molecule has 3 aromatic carbocycles. The molecule has 1 fully saturated rings. The molecule has 1 atom stereocenters. The summed E-state index contributed by atoms with van der Waals surface area (Å²) in [5.41, 5.74) is -0.507. The van der Waals surface area contributed by atoms with E-state index in [1.165, 1.54) is 41.4 Å². The summed E-state index contributed by atoms with van der Waals surface area (Å²) in [5.74, 6) is 2.50. The zero-order valence-corrected chi connectivity index (χ0v) is 18.1.